The predicted octanol–water partition coefficient (Wildman–Crippen LogP) is 0.720. The third kappa shape index (κ3) is 3.24. The van der Waals surface area contributed by atoms with E-state index in [0.717, 1.165) is 0 Å². The smallest absolute Gasteiger partial charge is 0.358 e. The number of hydrogen-bond donors (Lipinski definition) is 1. The third-order valence-electron chi connectivity index (χ3n) is 2.37. The van der Waals surface area contributed by atoms with E-state index < -0.39 is 5.97 Å². The van der Waals surface area contributed by atoms with E-state index in [4.69, 9.17) is 14.6 Å². The second-order valence-electron chi connectivity index (χ2n) is 3.43. The number of carboxylic acids is 1. The summed E-state index contributed by atoms with van der Waals surface area (Å²) >= 11 is 0. The summed E-state index contributed by atoms with van der Waals surface area (Å²) in [6, 6.07) is 0. The molecule has 0 bridgehead atoms. The van der Waals surface area contributed by atoms with E-state index in [1.54, 1.807) is 6.92 Å². The average molecular weight is 243 g/mol. The molecule has 1 heterocycles. The van der Waals surface area contributed by atoms with Gasteiger partial charge in [-0.05, 0) is 13.8 Å². The molecular formula is C10H17N3O4. The Morgan fingerprint density at radius 1 is 1.59 bits per heavy atom. The van der Waals surface area contributed by atoms with Gasteiger partial charge in [0, 0.05) is 13.7 Å². The largest absolute Gasteiger partial charge is 0.476 e. The molecule has 7 heteroatoms. The van der Waals surface area contributed by atoms with Gasteiger partial charge in [0.2, 0.25) is 0 Å². The molecule has 1 aromatic rings. The van der Waals surface area contributed by atoms with Crippen molar-refractivity contribution in [2.24, 2.45) is 0 Å². The Hall–Kier alpha value is -1.47. The van der Waals surface area contributed by atoms with Crippen LogP contribution in [-0.2, 0) is 16.0 Å². The van der Waals surface area contributed by atoms with Crippen LogP contribution in [-0.4, -0.2) is 46.4 Å². The van der Waals surface area contributed by atoms with Crippen molar-refractivity contribution in [1.29, 1.82) is 0 Å². The summed E-state index contributed by atoms with van der Waals surface area (Å²) < 4.78 is 11.8. The summed E-state index contributed by atoms with van der Waals surface area (Å²) in [5, 5.41) is 16.4. The second kappa shape index (κ2) is 6.31. The molecule has 7 nitrogen and oxygen atoms in total. The Morgan fingerprint density at radius 3 is 2.82 bits per heavy atom. The van der Waals surface area contributed by atoms with Crippen LogP contribution in [0.5, 0.6) is 0 Å². The lowest BCUT2D eigenvalue weighted by atomic mass is 10.2. The van der Waals surface area contributed by atoms with Crippen molar-refractivity contribution in [2.75, 3.05) is 20.3 Å². The van der Waals surface area contributed by atoms with Crippen LogP contribution in [0.25, 0.3) is 0 Å². The monoisotopic (exact) mass is 243 g/mol. The Kier molecular flexibility index (Phi) is 5.05. The summed E-state index contributed by atoms with van der Waals surface area (Å²) in [6.45, 7) is 5.17. The summed E-state index contributed by atoms with van der Waals surface area (Å²) in [5.41, 5.74) is 0.385. The fourth-order valence-corrected chi connectivity index (χ4v) is 1.45. The minimum absolute atomic E-state index is 0.0733. The van der Waals surface area contributed by atoms with E-state index in [1.165, 1.54) is 11.8 Å². The molecule has 0 spiro atoms. The average Bonchev–Trinajstić information content (AvgIpc) is 2.72. The molecule has 0 saturated heterocycles. The molecule has 1 unspecified atom stereocenters. The lowest BCUT2D eigenvalue weighted by molar-refractivity contribution is 0.0671. The van der Waals surface area contributed by atoms with Gasteiger partial charge in [0.05, 0.1) is 19.3 Å². The molecule has 0 aromatic carbocycles. The van der Waals surface area contributed by atoms with Crippen LogP contribution in [0.2, 0.25) is 0 Å². The highest BCUT2D eigenvalue weighted by molar-refractivity contribution is 5.86. The Bertz CT molecular complexity index is 378. The number of aromatic nitrogens is 3. The van der Waals surface area contributed by atoms with Gasteiger partial charge in [0.15, 0.2) is 5.69 Å². The zero-order valence-corrected chi connectivity index (χ0v) is 10.2. The van der Waals surface area contributed by atoms with E-state index >= 15 is 0 Å². The molecule has 0 amide bonds. The number of carbonyl (C=O) groups is 1. The van der Waals surface area contributed by atoms with Gasteiger partial charge in [-0.25, -0.2) is 9.48 Å². The first-order valence-corrected chi connectivity index (χ1v) is 5.39. The number of nitrogens with zero attached hydrogens (tertiary/aromatic N) is 3. The van der Waals surface area contributed by atoms with Crippen molar-refractivity contribution in [1.82, 2.24) is 15.0 Å². The third-order valence-corrected chi connectivity index (χ3v) is 2.37. The predicted molar refractivity (Wildman–Crippen MR) is 58.9 cm³/mol. The van der Waals surface area contributed by atoms with Gasteiger partial charge < -0.3 is 14.6 Å². The SMILES string of the molecule is CCOCCn1nnc(C(=O)O)c1C(C)OC. The zero-order chi connectivity index (χ0) is 12.8. The van der Waals surface area contributed by atoms with Crippen molar-refractivity contribution in [2.45, 2.75) is 26.5 Å². The van der Waals surface area contributed by atoms with Crippen molar-refractivity contribution in [3.05, 3.63) is 11.4 Å². The Labute approximate surface area is 99.3 Å². The topological polar surface area (TPSA) is 86.5 Å². The maximum absolute atomic E-state index is 11.0. The molecule has 0 aliphatic carbocycles. The van der Waals surface area contributed by atoms with Crippen LogP contribution in [0.15, 0.2) is 0 Å². The molecule has 1 rings (SSSR count). The van der Waals surface area contributed by atoms with E-state index in [9.17, 15) is 4.79 Å². The van der Waals surface area contributed by atoms with Crippen LogP contribution in [0, 0.1) is 0 Å². The first-order chi connectivity index (χ1) is 8.11. The molecule has 0 saturated carbocycles. The maximum atomic E-state index is 11.0. The molecule has 1 N–H and O–H groups in total. The fraction of sp³-hybridized carbons (Fsp3) is 0.700. The summed E-state index contributed by atoms with van der Waals surface area (Å²) in [6.07, 6.45) is -0.377. The van der Waals surface area contributed by atoms with Gasteiger partial charge in [0.1, 0.15) is 5.69 Å². The number of rotatable bonds is 7. The van der Waals surface area contributed by atoms with Gasteiger partial charge in [-0.3, -0.25) is 0 Å². The number of hydrogen-bond acceptors (Lipinski definition) is 5. The van der Waals surface area contributed by atoms with Gasteiger partial charge >= 0.3 is 5.97 Å². The number of aromatic carboxylic acids is 1. The second-order valence-corrected chi connectivity index (χ2v) is 3.43. The maximum Gasteiger partial charge on any atom is 0.358 e. The van der Waals surface area contributed by atoms with Crippen molar-refractivity contribution in [3.63, 3.8) is 0 Å². The quantitative estimate of drug-likeness (QED) is 0.710. The Balaban J connectivity index is 2.92. The molecular weight excluding hydrogens is 226 g/mol. The number of methoxy groups -OCH3 is 1. The van der Waals surface area contributed by atoms with Crippen LogP contribution < -0.4 is 0 Å². The van der Waals surface area contributed by atoms with Crippen LogP contribution in [0.3, 0.4) is 0 Å². The Morgan fingerprint density at radius 2 is 2.29 bits per heavy atom. The molecule has 96 valence electrons. The summed E-state index contributed by atoms with van der Waals surface area (Å²) in [7, 11) is 1.51. The first-order valence-electron chi connectivity index (χ1n) is 5.39. The number of carboxylic acid groups (broad SMARTS) is 1. The van der Waals surface area contributed by atoms with Crippen LogP contribution >= 0.6 is 0 Å². The van der Waals surface area contributed by atoms with Gasteiger partial charge in [0.25, 0.3) is 0 Å². The van der Waals surface area contributed by atoms with E-state index in [-0.39, 0.29) is 11.8 Å². The molecule has 0 aliphatic heterocycles. The lowest BCUT2D eigenvalue weighted by Gasteiger charge is -2.12. The van der Waals surface area contributed by atoms with Crippen LogP contribution in [0.1, 0.15) is 36.1 Å². The summed E-state index contributed by atoms with van der Waals surface area (Å²) in [5.74, 6) is -1.11. The van der Waals surface area contributed by atoms with Gasteiger partial charge in [-0.15, -0.1) is 5.10 Å². The molecule has 0 aliphatic rings. The lowest BCUT2D eigenvalue weighted by Crippen LogP contribution is -2.15. The van der Waals surface area contributed by atoms with E-state index in [2.05, 4.69) is 10.3 Å². The molecule has 1 aromatic heterocycles. The minimum Gasteiger partial charge on any atom is -0.476 e. The number of ether oxygens (including phenoxy) is 2. The van der Waals surface area contributed by atoms with Crippen LogP contribution in [0.4, 0.5) is 0 Å². The van der Waals surface area contributed by atoms with E-state index in [1.807, 2.05) is 6.92 Å². The highest BCUT2D eigenvalue weighted by Gasteiger charge is 2.23. The van der Waals surface area contributed by atoms with Crippen molar-refractivity contribution >= 4 is 5.97 Å². The van der Waals surface area contributed by atoms with E-state index in [0.29, 0.717) is 25.5 Å². The molecule has 17 heavy (non-hydrogen) atoms. The fourth-order valence-electron chi connectivity index (χ4n) is 1.45. The summed E-state index contributed by atoms with van der Waals surface area (Å²) in [4.78, 5) is 11.0. The van der Waals surface area contributed by atoms with Crippen molar-refractivity contribution in [3.8, 4) is 0 Å². The minimum atomic E-state index is -1.11. The zero-order valence-electron chi connectivity index (χ0n) is 10.2. The highest BCUT2D eigenvalue weighted by Crippen LogP contribution is 2.18. The first kappa shape index (κ1) is 13.6. The van der Waals surface area contributed by atoms with Gasteiger partial charge in [-0.2, -0.15) is 0 Å². The van der Waals surface area contributed by atoms with Gasteiger partial charge in [-0.1, -0.05) is 5.21 Å². The standard InChI is InChI=1S/C10H17N3O4/c1-4-17-6-5-13-9(7(2)16-3)8(10(14)15)11-12-13/h7H,4-6H2,1-3H3,(H,14,15). The normalized spacial score (nSPS) is 12.6. The molecule has 1 atom stereocenters. The van der Waals surface area contributed by atoms with Crippen molar-refractivity contribution < 1.29 is 19.4 Å². The molecule has 0 fully saturated rings. The highest BCUT2D eigenvalue weighted by atomic mass is 16.5. The molecule has 0 radical (unpaired) electrons.